The lowest BCUT2D eigenvalue weighted by atomic mass is 10.2. The maximum atomic E-state index is 12.4. The molecule has 0 atom stereocenters. The van der Waals surface area contributed by atoms with E-state index in [2.05, 4.69) is 19.7 Å². The van der Waals surface area contributed by atoms with Crippen molar-refractivity contribution in [2.45, 2.75) is 32.3 Å². The first-order chi connectivity index (χ1) is 16.3. The first-order valence-electron chi connectivity index (χ1n) is 10.8. The topological polar surface area (TPSA) is 90.8 Å². The number of hydrogen-bond acceptors (Lipinski definition) is 7. The van der Waals surface area contributed by atoms with Crippen molar-refractivity contribution >= 4 is 22.5 Å². The zero-order valence-electron chi connectivity index (χ0n) is 18.4. The molecule has 2 N–H and O–H groups in total. The SMILES string of the molecule is COc1cccc2c1nc(N)n1nc(CN(Cc3ccc(OC(F)(F)F)cc3)CC3CC3)nc21. The van der Waals surface area contributed by atoms with E-state index in [1.807, 2.05) is 18.2 Å². The zero-order chi connectivity index (χ0) is 23.9. The molecule has 1 fully saturated rings. The van der Waals surface area contributed by atoms with Gasteiger partial charge in [-0.2, -0.15) is 4.52 Å². The molecule has 0 unspecified atom stereocenters. The lowest BCUT2D eigenvalue weighted by molar-refractivity contribution is -0.274. The van der Waals surface area contributed by atoms with Gasteiger partial charge in [0, 0.05) is 18.5 Å². The van der Waals surface area contributed by atoms with E-state index in [0.717, 1.165) is 30.3 Å². The molecule has 2 heterocycles. The molecular weight excluding hydrogens is 449 g/mol. The minimum Gasteiger partial charge on any atom is -0.494 e. The van der Waals surface area contributed by atoms with Crippen LogP contribution in [0.25, 0.3) is 16.6 Å². The van der Waals surface area contributed by atoms with Crippen LogP contribution in [0, 0.1) is 5.92 Å². The lowest BCUT2D eigenvalue weighted by Crippen LogP contribution is -2.26. The Balaban J connectivity index is 1.40. The largest absolute Gasteiger partial charge is 0.573 e. The number of nitrogen functional groups attached to an aromatic ring is 1. The number of nitrogens with two attached hydrogens (primary N) is 1. The fraction of sp³-hybridized carbons (Fsp3) is 0.348. The number of fused-ring (bicyclic) bond motifs is 3. The molecule has 0 radical (unpaired) electrons. The molecule has 178 valence electrons. The monoisotopic (exact) mass is 472 g/mol. The van der Waals surface area contributed by atoms with Crippen molar-refractivity contribution in [2.24, 2.45) is 5.92 Å². The molecule has 1 aliphatic rings. The summed E-state index contributed by atoms with van der Waals surface area (Å²) < 4.78 is 48.2. The molecule has 2 aromatic carbocycles. The normalized spacial score (nSPS) is 14.3. The van der Waals surface area contributed by atoms with Gasteiger partial charge in [0.25, 0.3) is 0 Å². The van der Waals surface area contributed by atoms with Gasteiger partial charge in [0.15, 0.2) is 11.5 Å². The highest BCUT2D eigenvalue weighted by Gasteiger charge is 2.31. The highest BCUT2D eigenvalue weighted by atomic mass is 19.4. The van der Waals surface area contributed by atoms with E-state index < -0.39 is 6.36 Å². The van der Waals surface area contributed by atoms with Crippen LogP contribution in [-0.4, -0.2) is 44.5 Å². The van der Waals surface area contributed by atoms with Crippen molar-refractivity contribution in [3.05, 3.63) is 53.9 Å². The highest BCUT2D eigenvalue weighted by molar-refractivity contribution is 5.95. The van der Waals surface area contributed by atoms with Crippen molar-refractivity contribution in [3.8, 4) is 11.5 Å². The Kier molecular flexibility index (Phi) is 5.64. The molecule has 34 heavy (non-hydrogen) atoms. The summed E-state index contributed by atoms with van der Waals surface area (Å²) in [5, 5.41) is 5.35. The Bertz CT molecular complexity index is 1320. The van der Waals surface area contributed by atoms with Crippen LogP contribution in [0.2, 0.25) is 0 Å². The van der Waals surface area contributed by atoms with Crippen LogP contribution in [0.1, 0.15) is 24.2 Å². The second kappa shape index (κ2) is 8.64. The Morgan fingerprint density at radius 3 is 2.53 bits per heavy atom. The van der Waals surface area contributed by atoms with Gasteiger partial charge in [-0.25, -0.2) is 9.97 Å². The van der Waals surface area contributed by atoms with Gasteiger partial charge in [-0.3, -0.25) is 4.90 Å². The molecule has 0 bridgehead atoms. The number of nitrogens with zero attached hydrogens (tertiary/aromatic N) is 5. The maximum Gasteiger partial charge on any atom is 0.573 e. The smallest absolute Gasteiger partial charge is 0.494 e. The van der Waals surface area contributed by atoms with Crippen LogP contribution >= 0.6 is 0 Å². The van der Waals surface area contributed by atoms with E-state index in [1.165, 1.54) is 16.6 Å². The number of ether oxygens (including phenoxy) is 2. The minimum absolute atomic E-state index is 0.208. The van der Waals surface area contributed by atoms with E-state index in [-0.39, 0.29) is 11.7 Å². The van der Waals surface area contributed by atoms with Gasteiger partial charge < -0.3 is 15.2 Å². The molecule has 2 aromatic heterocycles. The number of anilines is 1. The predicted molar refractivity (Wildman–Crippen MR) is 119 cm³/mol. The number of halogens is 3. The third-order valence-corrected chi connectivity index (χ3v) is 5.70. The van der Waals surface area contributed by atoms with Crippen LogP contribution in [0.3, 0.4) is 0 Å². The van der Waals surface area contributed by atoms with E-state index >= 15 is 0 Å². The standard InChI is InChI=1S/C23H23F3N6O2/c1-33-18-4-2-3-17-20(18)29-22(27)32-21(17)28-19(30-32)13-31(11-14-5-6-14)12-15-7-9-16(10-8-15)34-23(24,25)26/h2-4,7-10,14H,5-6,11-13H2,1H3,(H2,27,29). The minimum atomic E-state index is -4.71. The first kappa shape index (κ1) is 22.2. The summed E-state index contributed by atoms with van der Waals surface area (Å²) in [7, 11) is 1.57. The van der Waals surface area contributed by atoms with Gasteiger partial charge in [0.05, 0.1) is 13.7 Å². The first-order valence-corrected chi connectivity index (χ1v) is 10.8. The number of methoxy groups -OCH3 is 1. The zero-order valence-corrected chi connectivity index (χ0v) is 18.4. The predicted octanol–water partition coefficient (Wildman–Crippen LogP) is 4.18. The van der Waals surface area contributed by atoms with Gasteiger partial charge >= 0.3 is 6.36 Å². The molecule has 0 saturated heterocycles. The summed E-state index contributed by atoms with van der Waals surface area (Å²) in [6, 6.07) is 11.5. The van der Waals surface area contributed by atoms with Crippen molar-refractivity contribution in [1.29, 1.82) is 0 Å². The average Bonchev–Trinajstić information content (AvgIpc) is 3.49. The molecule has 0 amide bonds. The molecule has 5 rings (SSSR count). The fourth-order valence-electron chi connectivity index (χ4n) is 4.01. The van der Waals surface area contributed by atoms with Crippen LogP contribution < -0.4 is 15.2 Å². The third-order valence-electron chi connectivity index (χ3n) is 5.70. The van der Waals surface area contributed by atoms with Crippen molar-refractivity contribution in [2.75, 3.05) is 19.4 Å². The number of rotatable bonds is 8. The molecule has 0 aliphatic heterocycles. The molecule has 11 heteroatoms. The number of benzene rings is 2. The number of alkyl halides is 3. The van der Waals surface area contributed by atoms with Gasteiger partial charge in [-0.1, -0.05) is 18.2 Å². The number of hydrogen-bond donors (Lipinski definition) is 1. The lowest BCUT2D eigenvalue weighted by Gasteiger charge is -2.21. The van der Waals surface area contributed by atoms with Crippen LogP contribution in [0.4, 0.5) is 19.1 Å². The fourth-order valence-corrected chi connectivity index (χ4v) is 4.01. The van der Waals surface area contributed by atoms with E-state index in [9.17, 15) is 13.2 Å². The Hall–Kier alpha value is -3.60. The van der Waals surface area contributed by atoms with Crippen molar-refractivity contribution < 1.29 is 22.6 Å². The average molecular weight is 472 g/mol. The molecule has 1 aliphatic carbocycles. The quantitative estimate of drug-likeness (QED) is 0.411. The molecule has 1 saturated carbocycles. The summed E-state index contributed by atoms with van der Waals surface area (Å²) in [5.74, 6) is 1.75. The van der Waals surface area contributed by atoms with Gasteiger partial charge in [0.1, 0.15) is 17.0 Å². The Morgan fingerprint density at radius 2 is 1.85 bits per heavy atom. The maximum absolute atomic E-state index is 12.4. The van der Waals surface area contributed by atoms with Crippen LogP contribution in [-0.2, 0) is 13.1 Å². The molecule has 8 nitrogen and oxygen atoms in total. The summed E-state index contributed by atoms with van der Waals surface area (Å²) in [4.78, 5) is 11.4. The van der Waals surface area contributed by atoms with Gasteiger partial charge in [-0.05, 0) is 48.6 Å². The van der Waals surface area contributed by atoms with Gasteiger partial charge in [0.2, 0.25) is 5.95 Å². The second-order valence-corrected chi connectivity index (χ2v) is 8.39. The molecule has 4 aromatic rings. The van der Waals surface area contributed by atoms with Crippen molar-refractivity contribution in [1.82, 2.24) is 24.5 Å². The number of aromatic nitrogens is 4. The van der Waals surface area contributed by atoms with Crippen LogP contribution in [0.5, 0.6) is 11.5 Å². The highest BCUT2D eigenvalue weighted by Crippen LogP contribution is 2.31. The number of para-hydroxylation sites is 1. The molecule has 0 spiro atoms. The second-order valence-electron chi connectivity index (χ2n) is 8.39. The van der Waals surface area contributed by atoms with E-state index in [0.29, 0.717) is 41.7 Å². The van der Waals surface area contributed by atoms with E-state index in [4.69, 9.17) is 15.5 Å². The summed E-state index contributed by atoms with van der Waals surface area (Å²) in [6.45, 7) is 1.85. The van der Waals surface area contributed by atoms with Gasteiger partial charge in [-0.15, -0.1) is 18.3 Å². The molecular formula is C23H23F3N6O2. The third kappa shape index (κ3) is 4.84. The Morgan fingerprint density at radius 1 is 1.09 bits per heavy atom. The summed E-state index contributed by atoms with van der Waals surface area (Å²) in [6.07, 6.45) is -2.39. The Labute approximate surface area is 193 Å². The van der Waals surface area contributed by atoms with Crippen molar-refractivity contribution in [3.63, 3.8) is 0 Å². The summed E-state index contributed by atoms with van der Waals surface area (Å²) in [5.41, 5.74) is 8.23. The van der Waals surface area contributed by atoms with E-state index in [1.54, 1.807) is 19.2 Å². The van der Waals surface area contributed by atoms with Crippen LogP contribution in [0.15, 0.2) is 42.5 Å². The summed E-state index contributed by atoms with van der Waals surface area (Å²) >= 11 is 0.